The van der Waals surface area contributed by atoms with Crippen molar-refractivity contribution in [2.45, 2.75) is 6.92 Å². The molecule has 94 valence electrons. The van der Waals surface area contributed by atoms with Gasteiger partial charge in [0, 0.05) is 30.6 Å². The highest BCUT2D eigenvalue weighted by Crippen LogP contribution is 2.26. The Morgan fingerprint density at radius 2 is 2.00 bits per heavy atom. The predicted octanol–water partition coefficient (Wildman–Crippen LogP) is 3.21. The molecule has 4 nitrogen and oxygen atoms in total. The lowest BCUT2D eigenvalue weighted by atomic mass is 10.2. The van der Waals surface area contributed by atoms with Crippen molar-refractivity contribution >= 4 is 23.1 Å². The fraction of sp³-hybridized carbons (Fsp3) is 0.231. The Kier molecular flexibility index (Phi) is 3.67. The van der Waals surface area contributed by atoms with E-state index in [2.05, 4.69) is 9.97 Å². The summed E-state index contributed by atoms with van der Waals surface area (Å²) in [5.41, 5.74) is 1.81. The van der Waals surface area contributed by atoms with Crippen molar-refractivity contribution in [3.8, 4) is 5.75 Å². The topological polar surface area (TPSA) is 38.2 Å². The molecule has 2 aromatic rings. The fourth-order valence-electron chi connectivity index (χ4n) is 1.64. The van der Waals surface area contributed by atoms with Gasteiger partial charge in [0.2, 0.25) is 5.28 Å². The summed E-state index contributed by atoms with van der Waals surface area (Å²) < 4.78 is 5.20. The molecule has 0 saturated heterocycles. The molecule has 0 aliphatic rings. The van der Waals surface area contributed by atoms with Gasteiger partial charge in [-0.25, -0.2) is 9.97 Å². The zero-order valence-corrected chi connectivity index (χ0v) is 11.3. The van der Waals surface area contributed by atoms with Crippen LogP contribution in [0.5, 0.6) is 5.75 Å². The minimum atomic E-state index is 0.250. The molecule has 0 spiro atoms. The number of ether oxygens (including phenoxy) is 1. The van der Waals surface area contributed by atoms with E-state index >= 15 is 0 Å². The molecule has 2 rings (SSSR count). The number of aryl methyl sites for hydroxylation is 1. The van der Waals surface area contributed by atoms with Crippen LogP contribution < -0.4 is 9.64 Å². The molecule has 1 aromatic carbocycles. The van der Waals surface area contributed by atoms with E-state index in [4.69, 9.17) is 16.3 Å². The van der Waals surface area contributed by atoms with Crippen LogP contribution in [0.25, 0.3) is 0 Å². The molecule has 18 heavy (non-hydrogen) atoms. The predicted molar refractivity (Wildman–Crippen MR) is 72.8 cm³/mol. The van der Waals surface area contributed by atoms with Crippen LogP contribution in [0.1, 0.15) is 5.69 Å². The molecule has 0 fully saturated rings. The van der Waals surface area contributed by atoms with Crippen LogP contribution in [-0.2, 0) is 0 Å². The van der Waals surface area contributed by atoms with Gasteiger partial charge in [-0.15, -0.1) is 0 Å². The van der Waals surface area contributed by atoms with E-state index in [1.807, 2.05) is 49.2 Å². The van der Waals surface area contributed by atoms with Crippen LogP contribution in [0.15, 0.2) is 30.3 Å². The smallest absolute Gasteiger partial charge is 0.224 e. The summed E-state index contributed by atoms with van der Waals surface area (Å²) in [4.78, 5) is 10.2. The molecule has 0 N–H and O–H groups in total. The zero-order chi connectivity index (χ0) is 13.1. The van der Waals surface area contributed by atoms with Crippen LogP contribution in [0, 0.1) is 6.92 Å². The number of aromatic nitrogens is 2. The number of nitrogens with zero attached hydrogens (tertiary/aromatic N) is 3. The Balaban J connectivity index is 2.37. The van der Waals surface area contributed by atoms with Crippen LogP contribution >= 0.6 is 11.6 Å². The van der Waals surface area contributed by atoms with Crippen molar-refractivity contribution < 1.29 is 4.74 Å². The number of halogens is 1. The van der Waals surface area contributed by atoms with E-state index in [-0.39, 0.29) is 5.28 Å². The molecule has 0 atom stereocenters. The van der Waals surface area contributed by atoms with E-state index in [9.17, 15) is 0 Å². The second-order valence-corrected chi connectivity index (χ2v) is 4.24. The first-order valence-electron chi connectivity index (χ1n) is 5.49. The van der Waals surface area contributed by atoms with Crippen molar-refractivity contribution in [1.82, 2.24) is 9.97 Å². The minimum absolute atomic E-state index is 0.250. The number of anilines is 2. The highest BCUT2D eigenvalue weighted by molar-refractivity contribution is 6.28. The maximum atomic E-state index is 5.87. The number of hydrogen-bond acceptors (Lipinski definition) is 4. The highest BCUT2D eigenvalue weighted by atomic mass is 35.5. The van der Waals surface area contributed by atoms with Crippen LogP contribution in [-0.4, -0.2) is 24.1 Å². The average Bonchev–Trinajstić information content (AvgIpc) is 2.37. The van der Waals surface area contributed by atoms with Crippen LogP contribution in [0.4, 0.5) is 11.5 Å². The average molecular weight is 264 g/mol. The largest absolute Gasteiger partial charge is 0.497 e. The number of hydrogen-bond donors (Lipinski definition) is 0. The molecule has 1 aromatic heterocycles. The highest BCUT2D eigenvalue weighted by Gasteiger charge is 2.08. The van der Waals surface area contributed by atoms with Gasteiger partial charge in [-0.05, 0) is 30.7 Å². The first-order valence-corrected chi connectivity index (χ1v) is 5.87. The Labute approximate surface area is 111 Å². The summed E-state index contributed by atoms with van der Waals surface area (Å²) in [5.74, 6) is 1.55. The summed E-state index contributed by atoms with van der Waals surface area (Å²) >= 11 is 5.87. The number of benzene rings is 1. The fourth-order valence-corrected chi connectivity index (χ4v) is 1.86. The molecule has 0 aliphatic heterocycles. The van der Waals surface area contributed by atoms with Gasteiger partial charge in [-0.2, -0.15) is 0 Å². The standard InChI is InChI=1S/C13H14ClN3O/c1-9-7-12(16-13(14)15-9)17(2)10-5-4-6-11(8-10)18-3/h4-8H,1-3H3. The van der Waals surface area contributed by atoms with Gasteiger partial charge in [0.05, 0.1) is 7.11 Å². The van der Waals surface area contributed by atoms with Gasteiger partial charge < -0.3 is 9.64 Å². The van der Waals surface area contributed by atoms with Gasteiger partial charge in [0.1, 0.15) is 11.6 Å². The summed E-state index contributed by atoms with van der Waals surface area (Å²) in [6.07, 6.45) is 0. The van der Waals surface area contributed by atoms with Crippen molar-refractivity contribution in [1.29, 1.82) is 0 Å². The Bertz CT molecular complexity index is 539. The Morgan fingerprint density at radius 3 is 2.67 bits per heavy atom. The quantitative estimate of drug-likeness (QED) is 0.797. The first kappa shape index (κ1) is 12.6. The molecular formula is C13H14ClN3O. The molecule has 5 heteroatoms. The second kappa shape index (κ2) is 5.23. The van der Waals surface area contributed by atoms with Gasteiger partial charge in [-0.3, -0.25) is 0 Å². The van der Waals surface area contributed by atoms with Crippen LogP contribution in [0.2, 0.25) is 5.28 Å². The summed E-state index contributed by atoms with van der Waals surface area (Å²) in [6, 6.07) is 9.63. The van der Waals surface area contributed by atoms with Gasteiger partial charge >= 0.3 is 0 Å². The summed E-state index contributed by atoms with van der Waals surface area (Å²) in [6.45, 7) is 1.89. The van der Waals surface area contributed by atoms with E-state index < -0.39 is 0 Å². The monoisotopic (exact) mass is 263 g/mol. The third-order valence-corrected chi connectivity index (χ3v) is 2.77. The van der Waals surface area contributed by atoms with Crippen LogP contribution in [0.3, 0.4) is 0 Å². The Morgan fingerprint density at radius 1 is 1.22 bits per heavy atom. The zero-order valence-electron chi connectivity index (χ0n) is 10.5. The lowest BCUT2D eigenvalue weighted by Gasteiger charge is -2.19. The molecule has 1 heterocycles. The molecule has 0 radical (unpaired) electrons. The summed E-state index contributed by atoms with van der Waals surface area (Å²) in [7, 11) is 3.57. The van der Waals surface area contributed by atoms with Crippen molar-refractivity contribution in [2.75, 3.05) is 19.1 Å². The molecular weight excluding hydrogens is 250 g/mol. The van der Waals surface area contributed by atoms with E-state index in [1.54, 1.807) is 7.11 Å². The maximum Gasteiger partial charge on any atom is 0.224 e. The normalized spacial score (nSPS) is 10.2. The third kappa shape index (κ3) is 2.71. The summed E-state index contributed by atoms with van der Waals surface area (Å²) in [5, 5.41) is 0.250. The lowest BCUT2D eigenvalue weighted by Crippen LogP contribution is -2.12. The van der Waals surface area contributed by atoms with Gasteiger partial charge in [-0.1, -0.05) is 6.07 Å². The van der Waals surface area contributed by atoms with Crippen molar-refractivity contribution in [2.24, 2.45) is 0 Å². The molecule has 0 aliphatic carbocycles. The molecule has 0 bridgehead atoms. The molecule has 0 saturated carbocycles. The lowest BCUT2D eigenvalue weighted by molar-refractivity contribution is 0.415. The third-order valence-electron chi connectivity index (χ3n) is 2.60. The Hall–Kier alpha value is -1.81. The number of rotatable bonds is 3. The van der Waals surface area contributed by atoms with Crippen molar-refractivity contribution in [3.63, 3.8) is 0 Å². The van der Waals surface area contributed by atoms with E-state index in [0.29, 0.717) is 0 Å². The second-order valence-electron chi connectivity index (χ2n) is 3.90. The maximum absolute atomic E-state index is 5.87. The van der Waals surface area contributed by atoms with E-state index in [0.717, 1.165) is 22.9 Å². The van der Waals surface area contributed by atoms with Gasteiger partial charge in [0.15, 0.2) is 0 Å². The van der Waals surface area contributed by atoms with E-state index in [1.165, 1.54) is 0 Å². The molecule has 0 unspecified atom stereocenters. The van der Waals surface area contributed by atoms with Crippen molar-refractivity contribution in [3.05, 3.63) is 41.3 Å². The number of methoxy groups -OCH3 is 1. The van der Waals surface area contributed by atoms with Gasteiger partial charge in [0.25, 0.3) is 0 Å². The first-order chi connectivity index (χ1) is 8.60. The molecule has 0 amide bonds. The SMILES string of the molecule is COc1cccc(N(C)c2cc(C)nc(Cl)n2)c1. The minimum Gasteiger partial charge on any atom is -0.497 e.